The molecule has 0 bridgehead atoms. The lowest BCUT2D eigenvalue weighted by atomic mass is 10.00. The van der Waals surface area contributed by atoms with Gasteiger partial charge in [0.2, 0.25) is 0 Å². The molecule has 0 spiro atoms. The van der Waals surface area contributed by atoms with E-state index in [1.54, 1.807) is 32.4 Å². The lowest BCUT2D eigenvalue weighted by molar-refractivity contribution is 0.0924. The minimum atomic E-state index is -0.163. The SMILES string of the molecule is COc1cc(OC)cc(C(=O)NC2CCOc3ccccc32)c1. The second kappa shape index (κ2) is 6.60. The summed E-state index contributed by atoms with van der Waals surface area (Å²) >= 11 is 0. The summed E-state index contributed by atoms with van der Waals surface area (Å²) in [6, 6.07) is 12.8. The first kappa shape index (κ1) is 15.2. The molecule has 0 aromatic heterocycles. The summed E-state index contributed by atoms with van der Waals surface area (Å²) in [4.78, 5) is 12.6. The van der Waals surface area contributed by atoms with Crippen molar-refractivity contribution < 1.29 is 19.0 Å². The van der Waals surface area contributed by atoms with Gasteiger partial charge in [0.25, 0.3) is 5.91 Å². The minimum Gasteiger partial charge on any atom is -0.497 e. The van der Waals surface area contributed by atoms with Crippen LogP contribution in [0.15, 0.2) is 42.5 Å². The molecule has 120 valence electrons. The zero-order valence-corrected chi connectivity index (χ0v) is 13.2. The third-order valence-electron chi connectivity index (χ3n) is 3.88. The van der Waals surface area contributed by atoms with Crippen LogP contribution in [0.3, 0.4) is 0 Å². The zero-order chi connectivity index (χ0) is 16.2. The molecule has 1 aliphatic heterocycles. The smallest absolute Gasteiger partial charge is 0.252 e. The summed E-state index contributed by atoms with van der Waals surface area (Å²) in [5, 5.41) is 3.06. The number of carbonyl (C=O) groups excluding carboxylic acids is 1. The Morgan fingerprint density at radius 3 is 2.52 bits per heavy atom. The molecule has 23 heavy (non-hydrogen) atoms. The van der Waals surface area contributed by atoms with Gasteiger partial charge in [0.05, 0.1) is 26.9 Å². The molecule has 0 saturated heterocycles. The van der Waals surface area contributed by atoms with Gasteiger partial charge in [-0.3, -0.25) is 4.79 Å². The van der Waals surface area contributed by atoms with Gasteiger partial charge >= 0.3 is 0 Å². The van der Waals surface area contributed by atoms with Gasteiger partial charge in [-0.05, 0) is 18.2 Å². The van der Waals surface area contributed by atoms with Gasteiger partial charge in [-0.1, -0.05) is 18.2 Å². The minimum absolute atomic E-state index is 0.0651. The highest BCUT2D eigenvalue weighted by Gasteiger charge is 2.23. The molecule has 1 heterocycles. The summed E-state index contributed by atoms with van der Waals surface area (Å²) < 4.78 is 16.1. The molecular formula is C18H19NO4. The summed E-state index contributed by atoms with van der Waals surface area (Å²) in [5.41, 5.74) is 1.51. The van der Waals surface area contributed by atoms with Gasteiger partial charge in [0.1, 0.15) is 17.2 Å². The summed E-state index contributed by atoms with van der Waals surface area (Å²) in [7, 11) is 3.12. The van der Waals surface area contributed by atoms with E-state index in [2.05, 4.69) is 5.32 Å². The van der Waals surface area contributed by atoms with Crippen molar-refractivity contribution >= 4 is 5.91 Å². The number of nitrogens with one attached hydrogen (secondary N) is 1. The molecule has 1 N–H and O–H groups in total. The fourth-order valence-corrected chi connectivity index (χ4v) is 2.67. The lowest BCUT2D eigenvalue weighted by Gasteiger charge is -2.26. The second-order valence-electron chi connectivity index (χ2n) is 5.30. The van der Waals surface area contributed by atoms with Crippen LogP contribution >= 0.6 is 0 Å². The average Bonchev–Trinajstić information content (AvgIpc) is 2.61. The van der Waals surface area contributed by atoms with E-state index in [1.807, 2.05) is 24.3 Å². The standard InChI is InChI=1S/C18H19NO4/c1-21-13-9-12(10-14(11-13)22-2)18(20)19-16-7-8-23-17-6-4-3-5-15(16)17/h3-6,9-11,16H,7-8H2,1-2H3,(H,19,20). The molecule has 1 amide bonds. The van der Waals surface area contributed by atoms with E-state index in [4.69, 9.17) is 14.2 Å². The van der Waals surface area contributed by atoms with Gasteiger partial charge in [-0.2, -0.15) is 0 Å². The van der Waals surface area contributed by atoms with E-state index in [1.165, 1.54) is 0 Å². The molecule has 1 unspecified atom stereocenters. The van der Waals surface area contributed by atoms with Crippen molar-refractivity contribution in [2.75, 3.05) is 20.8 Å². The zero-order valence-electron chi connectivity index (χ0n) is 13.2. The number of benzene rings is 2. The Kier molecular flexibility index (Phi) is 4.37. The van der Waals surface area contributed by atoms with Crippen molar-refractivity contribution in [3.8, 4) is 17.2 Å². The van der Waals surface area contributed by atoms with Crippen molar-refractivity contribution in [3.05, 3.63) is 53.6 Å². The molecule has 0 aliphatic carbocycles. The third-order valence-corrected chi connectivity index (χ3v) is 3.88. The molecule has 5 nitrogen and oxygen atoms in total. The van der Waals surface area contributed by atoms with Crippen LogP contribution in [0.1, 0.15) is 28.4 Å². The quantitative estimate of drug-likeness (QED) is 0.943. The van der Waals surface area contributed by atoms with E-state index < -0.39 is 0 Å². The summed E-state index contributed by atoms with van der Waals surface area (Å²) in [5.74, 6) is 1.83. The predicted molar refractivity (Wildman–Crippen MR) is 86.3 cm³/mol. The normalized spacial score (nSPS) is 16.0. The average molecular weight is 313 g/mol. The number of para-hydroxylation sites is 1. The molecule has 1 aliphatic rings. The molecule has 1 atom stereocenters. The van der Waals surface area contributed by atoms with Crippen molar-refractivity contribution in [2.24, 2.45) is 0 Å². The van der Waals surface area contributed by atoms with Gasteiger partial charge in [-0.15, -0.1) is 0 Å². The lowest BCUT2D eigenvalue weighted by Crippen LogP contribution is -2.32. The number of amides is 1. The largest absolute Gasteiger partial charge is 0.497 e. The molecule has 5 heteroatoms. The van der Waals surface area contributed by atoms with Crippen LogP contribution in [0.2, 0.25) is 0 Å². The van der Waals surface area contributed by atoms with Gasteiger partial charge < -0.3 is 19.5 Å². The van der Waals surface area contributed by atoms with Crippen LogP contribution in [0, 0.1) is 0 Å². The Bertz CT molecular complexity index is 692. The van der Waals surface area contributed by atoms with E-state index in [0.29, 0.717) is 23.7 Å². The number of fused-ring (bicyclic) bond motifs is 1. The monoisotopic (exact) mass is 313 g/mol. The molecule has 2 aromatic rings. The van der Waals surface area contributed by atoms with Gasteiger partial charge in [-0.25, -0.2) is 0 Å². The third kappa shape index (κ3) is 3.23. The van der Waals surface area contributed by atoms with Crippen molar-refractivity contribution in [1.82, 2.24) is 5.32 Å². The molecule has 3 rings (SSSR count). The number of hydrogen-bond acceptors (Lipinski definition) is 4. The maximum atomic E-state index is 12.6. The fraction of sp³-hybridized carbons (Fsp3) is 0.278. The number of carbonyl (C=O) groups is 1. The molecule has 2 aromatic carbocycles. The van der Waals surface area contributed by atoms with Crippen molar-refractivity contribution in [1.29, 1.82) is 0 Å². The molecular weight excluding hydrogens is 294 g/mol. The Morgan fingerprint density at radius 1 is 1.13 bits per heavy atom. The Hall–Kier alpha value is -2.69. The predicted octanol–water partition coefficient (Wildman–Crippen LogP) is 2.96. The first-order chi connectivity index (χ1) is 11.2. The number of ether oxygens (including phenoxy) is 3. The van der Waals surface area contributed by atoms with Gasteiger partial charge in [0.15, 0.2) is 0 Å². The van der Waals surface area contributed by atoms with Crippen molar-refractivity contribution in [2.45, 2.75) is 12.5 Å². The highest BCUT2D eigenvalue weighted by Crippen LogP contribution is 2.32. The summed E-state index contributed by atoms with van der Waals surface area (Å²) in [6.07, 6.45) is 0.740. The molecule has 0 radical (unpaired) electrons. The van der Waals surface area contributed by atoms with Crippen LogP contribution in [0.25, 0.3) is 0 Å². The van der Waals surface area contributed by atoms with E-state index in [0.717, 1.165) is 17.7 Å². The number of hydrogen-bond donors (Lipinski definition) is 1. The van der Waals surface area contributed by atoms with Crippen LogP contribution < -0.4 is 19.5 Å². The maximum Gasteiger partial charge on any atom is 0.252 e. The van der Waals surface area contributed by atoms with Crippen LogP contribution in [-0.2, 0) is 0 Å². The van der Waals surface area contributed by atoms with Gasteiger partial charge in [0, 0.05) is 23.6 Å². The highest BCUT2D eigenvalue weighted by atomic mass is 16.5. The molecule has 0 fully saturated rings. The Morgan fingerprint density at radius 2 is 1.83 bits per heavy atom. The highest BCUT2D eigenvalue weighted by molar-refractivity contribution is 5.95. The maximum absolute atomic E-state index is 12.6. The van der Waals surface area contributed by atoms with E-state index in [-0.39, 0.29) is 11.9 Å². The first-order valence-electron chi connectivity index (χ1n) is 7.47. The van der Waals surface area contributed by atoms with E-state index in [9.17, 15) is 4.79 Å². The Balaban J connectivity index is 1.83. The van der Waals surface area contributed by atoms with Crippen LogP contribution in [0.5, 0.6) is 17.2 Å². The topological polar surface area (TPSA) is 56.8 Å². The first-order valence-corrected chi connectivity index (χ1v) is 7.47. The molecule has 0 saturated carbocycles. The number of methoxy groups -OCH3 is 2. The van der Waals surface area contributed by atoms with E-state index >= 15 is 0 Å². The Labute approximate surface area is 135 Å². The van der Waals surface area contributed by atoms with Crippen LogP contribution in [-0.4, -0.2) is 26.7 Å². The second-order valence-corrected chi connectivity index (χ2v) is 5.30. The van der Waals surface area contributed by atoms with Crippen molar-refractivity contribution in [3.63, 3.8) is 0 Å². The number of rotatable bonds is 4. The van der Waals surface area contributed by atoms with Crippen LogP contribution in [0.4, 0.5) is 0 Å². The fourth-order valence-electron chi connectivity index (χ4n) is 2.67. The summed E-state index contributed by atoms with van der Waals surface area (Å²) in [6.45, 7) is 0.587.